The lowest BCUT2D eigenvalue weighted by molar-refractivity contribution is -0.123. The van der Waals surface area contributed by atoms with Crippen LogP contribution in [0.5, 0.6) is 0 Å². The molecule has 2 unspecified atom stereocenters. The molecule has 2 amide bonds. The molecule has 0 fully saturated rings. The maximum Gasteiger partial charge on any atom is 0.237 e. The summed E-state index contributed by atoms with van der Waals surface area (Å²) >= 11 is 0. The number of rotatable bonds is 5. The zero-order chi connectivity index (χ0) is 14.7. The summed E-state index contributed by atoms with van der Waals surface area (Å²) in [6, 6.07) is 5.18. The molecule has 2 atom stereocenters. The number of nitrogens with one attached hydrogen (secondary N) is 2. The lowest BCUT2D eigenvalue weighted by atomic mass is 10.0. The van der Waals surface area contributed by atoms with Gasteiger partial charge in [0.15, 0.2) is 0 Å². The molecule has 0 spiro atoms. The van der Waals surface area contributed by atoms with Crippen molar-refractivity contribution in [3.05, 3.63) is 29.3 Å². The maximum absolute atomic E-state index is 11.9. The third-order valence-corrected chi connectivity index (χ3v) is 3.55. The first-order chi connectivity index (χ1) is 9.51. The molecular formula is C15H21N3O2. The fourth-order valence-corrected chi connectivity index (χ4v) is 2.36. The molecule has 1 aliphatic rings. The fourth-order valence-electron chi connectivity index (χ4n) is 2.36. The van der Waals surface area contributed by atoms with Crippen molar-refractivity contribution in [3.63, 3.8) is 0 Å². The van der Waals surface area contributed by atoms with Crippen LogP contribution in [0.1, 0.15) is 43.9 Å². The Morgan fingerprint density at radius 1 is 1.50 bits per heavy atom. The summed E-state index contributed by atoms with van der Waals surface area (Å²) in [6.07, 6.45) is 1.97. The van der Waals surface area contributed by atoms with Gasteiger partial charge in [-0.1, -0.05) is 25.5 Å². The van der Waals surface area contributed by atoms with Gasteiger partial charge >= 0.3 is 0 Å². The molecule has 108 valence electrons. The van der Waals surface area contributed by atoms with Gasteiger partial charge in [0.1, 0.15) is 0 Å². The van der Waals surface area contributed by atoms with Gasteiger partial charge in [-0.15, -0.1) is 0 Å². The molecule has 1 aromatic rings. The summed E-state index contributed by atoms with van der Waals surface area (Å²) in [7, 11) is 0. The van der Waals surface area contributed by atoms with Crippen molar-refractivity contribution in [2.45, 2.75) is 45.2 Å². The van der Waals surface area contributed by atoms with E-state index in [4.69, 9.17) is 5.73 Å². The van der Waals surface area contributed by atoms with E-state index < -0.39 is 6.04 Å². The van der Waals surface area contributed by atoms with Crippen molar-refractivity contribution in [2.24, 2.45) is 5.73 Å². The molecule has 0 saturated heterocycles. The summed E-state index contributed by atoms with van der Waals surface area (Å²) in [5, 5.41) is 5.71. The van der Waals surface area contributed by atoms with E-state index in [9.17, 15) is 9.59 Å². The average Bonchev–Trinajstić information content (AvgIpc) is 2.77. The van der Waals surface area contributed by atoms with Crippen molar-refractivity contribution in [2.75, 3.05) is 5.32 Å². The molecule has 0 aliphatic carbocycles. The monoisotopic (exact) mass is 275 g/mol. The van der Waals surface area contributed by atoms with Crippen molar-refractivity contribution in [1.29, 1.82) is 0 Å². The molecule has 2 rings (SSSR count). The number of hydrogen-bond donors (Lipinski definition) is 3. The Morgan fingerprint density at radius 2 is 2.25 bits per heavy atom. The minimum absolute atomic E-state index is 0.0128. The first kappa shape index (κ1) is 14.5. The SMILES string of the molecule is CCCC(N)C(=O)NC(C)c1ccc2c(c1)CC(=O)N2. The van der Waals surface area contributed by atoms with Crippen LogP contribution in [0.2, 0.25) is 0 Å². The number of hydrogen-bond acceptors (Lipinski definition) is 3. The van der Waals surface area contributed by atoms with Gasteiger partial charge in [0.2, 0.25) is 11.8 Å². The predicted molar refractivity (Wildman–Crippen MR) is 78.2 cm³/mol. The maximum atomic E-state index is 11.9. The summed E-state index contributed by atoms with van der Waals surface area (Å²) in [5.41, 5.74) is 8.62. The number of fused-ring (bicyclic) bond motifs is 1. The van der Waals surface area contributed by atoms with Crippen molar-refractivity contribution >= 4 is 17.5 Å². The van der Waals surface area contributed by atoms with Crippen molar-refractivity contribution < 1.29 is 9.59 Å². The number of carbonyl (C=O) groups is 2. The lowest BCUT2D eigenvalue weighted by Crippen LogP contribution is -2.41. The molecule has 20 heavy (non-hydrogen) atoms. The number of amides is 2. The van der Waals surface area contributed by atoms with Gasteiger partial charge in [0.05, 0.1) is 18.5 Å². The number of nitrogens with two attached hydrogens (primary N) is 1. The molecule has 1 aliphatic heterocycles. The summed E-state index contributed by atoms with van der Waals surface area (Å²) in [5.74, 6) is -0.118. The summed E-state index contributed by atoms with van der Waals surface area (Å²) < 4.78 is 0. The average molecular weight is 275 g/mol. The topological polar surface area (TPSA) is 84.2 Å². The zero-order valence-corrected chi connectivity index (χ0v) is 11.9. The molecule has 0 saturated carbocycles. The Hall–Kier alpha value is -1.88. The Bertz CT molecular complexity index is 528. The van der Waals surface area contributed by atoms with E-state index in [1.165, 1.54) is 0 Å². The Labute approximate surface area is 118 Å². The van der Waals surface area contributed by atoms with Crippen molar-refractivity contribution in [3.8, 4) is 0 Å². The second kappa shape index (κ2) is 6.05. The molecule has 4 N–H and O–H groups in total. The number of carbonyl (C=O) groups excluding carboxylic acids is 2. The fraction of sp³-hybridized carbons (Fsp3) is 0.467. The van der Waals surface area contributed by atoms with Crippen LogP contribution in [0.25, 0.3) is 0 Å². The van der Waals surface area contributed by atoms with Gasteiger partial charge in [0, 0.05) is 5.69 Å². The standard InChI is InChI=1S/C15H21N3O2/c1-3-4-12(16)15(20)17-9(2)10-5-6-13-11(7-10)8-14(19)18-13/h5-7,9,12H,3-4,8,16H2,1-2H3,(H,17,20)(H,18,19). The molecule has 0 aromatic heterocycles. The number of benzene rings is 1. The van der Waals surface area contributed by atoms with Crippen LogP contribution in [0.15, 0.2) is 18.2 Å². The Balaban J connectivity index is 2.03. The third-order valence-electron chi connectivity index (χ3n) is 3.55. The molecule has 5 heteroatoms. The first-order valence-electron chi connectivity index (χ1n) is 7.00. The van der Waals surface area contributed by atoms with Crippen LogP contribution >= 0.6 is 0 Å². The highest BCUT2D eigenvalue weighted by Gasteiger charge is 2.20. The van der Waals surface area contributed by atoms with Crippen LogP contribution in [0.3, 0.4) is 0 Å². The largest absolute Gasteiger partial charge is 0.348 e. The molecule has 0 radical (unpaired) electrons. The van der Waals surface area contributed by atoms with E-state index in [0.717, 1.165) is 23.2 Å². The van der Waals surface area contributed by atoms with Gasteiger partial charge in [-0.3, -0.25) is 9.59 Å². The molecule has 1 heterocycles. The predicted octanol–water partition coefficient (Wildman–Crippen LogP) is 1.49. The number of anilines is 1. The highest BCUT2D eigenvalue weighted by molar-refractivity contribution is 5.99. The highest BCUT2D eigenvalue weighted by Crippen LogP contribution is 2.26. The zero-order valence-electron chi connectivity index (χ0n) is 11.9. The van der Waals surface area contributed by atoms with Gasteiger partial charge in [0.25, 0.3) is 0 Å². The van der Waals surface area contributed by atoms with Crippen LogP contribution in [0.4, 0.5) is 5.69 Å². The highest BCUT2D eigenvalue weighted by atomic mass is 16.2. The van der Waals surface area contributed by atoms with Gasteiger partial charge < -0.3 is 16.4 Å². The summed E-state index contributed by atoms with van der Waals surface area (Å²) in [4.78, 5) is 23.2. The van der Waals surface area contributed by atoms with E-state index in [1.54, 1.807) is 0 Å². The minimum atomic E-state index is -0.458. The lowest BCUT2D eigenvalue weighted by Gasteiger charge is -2.18. The minimum Gasteiger partial charge on any atom is -0.348 e. The van der Waals surface area contributed by atoms with Crippen LogP contribution in [-0.2, 0) is 16.0 Å². The molecular weight excluding hydrogens is 254 g/mol. The van der Waals surface area contributed by atoms with E-state index in [0.29, 0.717) is 12.8 Å². The Morgan fingerprint density at radius 3 is 2.95 bits per heavy atom. The third kappa shape index (κ3) is 3.17. The van der Waals surface area contributed by atoms with Crippen LogP contribution in [-0.4, -0.2) is 17.9 Å². The quantitative estimate of drug-likeness (QED) is 0.761. The molecule has 5 nitrogen and oxygen atoms in total. The van der Waals surface area contributed by atoms with Crippen LogP contribution in [0, 0.1) is 0 Å². The Kier molecular flexibility index (Phi) is 4.39. The van der Waals surface area contributed by atoms with E-state index in [-0.39, 0.29) is 17.9 Å². The molecule has 1 aromatic carbocycles. The van der Waals surface area contributed by atoms with Crippen molar-refractivity contribution in [1.82, 2.24) is 5.32 Å². The second-order valence-electron chi connectivity index (χ2n) is 5.27. The normalized spacial score (nSPS) is 16.2. The van der Waals surface area contributed by atoms with Crippen LogP contribution < -0.4 is 16.4 Å². The van der Waals surface area contributed by atoms with E-state index >= 15 is 0 Å². The molecule has 0 bridgehead atoms. The van der Waals surface area contributed by atoms with Gasteiger partial charge in [-0.2, -0.15) is 0 Å². The second-order valence-corrected chi connectivity index (χ2v) is 5.27. The van der Waals surface area contributed by atoms with Gasteiger partial charge in [-0.05, 0) is 30.5 Å². The van der Waals surface area contributed by atoms with E-state index in [2.05, 4.69) is 10.6 Å². The first-order valence-corrected chi connectivity index (χ1v) is 7.00. The van der Waals surface area contributed by atoms with E-state index in [1.807, 2.05) is 32.0 Å². The smallest absolute Gasteiger partial charge is 0.237 e. The summed E-state index contributed by atoms with van der Waals surface area (Å²) in [6.45, 7) is 3.92. The van der Waals surface area contributed by atoms with Gasteiger partial charge in [-0.25, -0.2) is 0 Å².